The van der Waals surface area contributed by atoms with Crippen LogP contribution in [0.5, 0.6) is 0 Å². The number of amides is 1. The maximum absolute atomic E-state index is 12.7. The first-order chi connectivity index (χ1) is 12.4. The zero-order valence-electron chi connectivity index (χ0n) is 15.3. The number of aromatic nitrogens is 1. The molecule has 2 rings (SSSR count). The van der Waals surface area contributed by atoms with Crippen LogP contribution in [0.25, 0.3) is 11.8 Å². The van der Waals surface area contributed by atoms with Crippen LogP contribution in [0.1, 0.15) is 17.0 Å². The largest absolute Gasteiger partial charge is 0.383 e. The third kappa shape index (κ3) is 5.02. The molecule has 4 nitrogen and oxygen atoms in total. The van der Waals surface area contributed by atoms with Gasteiger partial charge in [-0.2, -0.15) is 0 Å². The summed E-state index contributed by atoms with van der Waals surface area (Å²) >= 11 is 0. The molecule has 0 fully saturated rings. The van der Waals surface area contributed by atoms with Gasteiger partial charge in [-0.25, -0.2) is 8.78 Å². The van der Waals surface area contributed by atoms with Crippen LogP contribution >= 0.6 is 0 Å². The molecular weight excluding hydrogens is 338 g/mol. The van der Waals surface area contributed by atoms with Crippen molar-refractivity contribution in [2.45, 2.75) is 20.3 Å². The van der Waals surface area contributed by atoms with E-state index in [1.165, 1.54) is 13.2 Å². The number of para-hydroxylation sites is 1. The molecule has 0 saturated carbocycles. The van der Waals surface area contributed by atoms with Crippen molar-refractivity contribution in [3.63, 3.8) is 0 Å². The molecule has 0 unspecified atom stereocenters. The van der Waals surface area contributed by atoms with E-state index in [1.54, 1.807) is 6.08 Å². The van der Waals surface area contributed by atoms with E-state index in [0.29, 0.717) is 0 Å². The molecule has 0 atom stereocenters. The molecule has 0 aliphatic heterocycles. The molecular formula is C20H24F2N2O2. The Kier molecular flexibility index (Phi) is 7.09. The zero-order valence-corrected chi connectivity index (χ0v) is 15.3. The first-order valence-electron chi connectivity index (χ1n) is 8.42. The Morgan fingerprint density at radius 3 is 2.58 bits per heavy atom. The average Bonchev–Trinajstić information content (AvgIpc) is 2.90. The van der Waals surface area contributed by atoms with Gasteiger partial charge in [0.1, 0.15) is 0 Å². The van der Waals surface area contributed by atoms with Crippen molar-refractivity contribution in [2.75, 3.05) is 26.8 Å². The molecule has 0 bridgehead atoms. The van der Waals surface area contributed by atoms with Gasteiger partial charge in [-0.3, -0.25) is 4.79 Å². The van der Waals surface area contributed by atoms with E-state index < -0.39 is 18.9 Å². The Balaban J connectivity index is 2.20. The number of halogens is 2. The summed E-state index contributed by atoms with van der Waals surface area (Å²) in [5.74, 6) is -0.452. The van der Waals surface area contributed by atoms with Crippen molar-refractivity contribution < 1.29 is 18.3 Å². The van der Waals surface area contributed by atoms with E-state index in [1.807, 2.05) is 50.2 Å². The van der Waals surface area contributed by atoms with Crippen molar-refractivity contribution in [1.82, 2.24) is 9.47 Å². The average molecular weight is 362 g/mol. The maximum Gasteiger partial charge on any atom is 0.255 e. The highest BCUT2D eigenvalue weighted by atomic mass is 19.3. The van der Waals surface area contributed by atoms with Crippen LogP contribution in [0, 0.1) is 13.8 Å². The van der Waals surface area contributed by atoms with Crippen molar-refractivity contribution in [3.8, 4) is 5.69 Å². The minimum atomic E-state index is -2.58. The van der Waals surface area contributed by atoms with E-state index in [2.05, 4.69) is 4.57 Å². The molecule has 0 aliphatic carbocycles. The maximum atomic E-state index is 12.7. The lowest BCUT2D eigenvalue weighted by molar-refractivity contribution is -0.128. The number of alkyl halides is 2. The smallest absolute Gasteiger partial charge is 0.255 e. The number of nitrogens with zero attached hydrogens (tertiary/aromatic N) is 2. The van der Waals surface area contributed by atoms with E-state index in [0.717, 1.165) is 27.5 Å². The van der Waals surface area contributed by atoms with Gasteiger partial charge >= 0.3 is 0 Å². The summed E-state index contributed by atoms with van der Waals surface area (Å²) in [6.07, 6.45) is 0.442. The highest BCUT2D eigenvalue weighted by Crippen LogP contribution is 2.21. The van der Waals surface area contributed by atoms with Crippen molar-refractivity contribution in [1.29, 1.82) is 0 Å². The molecule has 0 N–H and O–H groups in total. The molecule has 140 valence electrons. The molecule has 1 aromatic heterocycles. The number of hydrogen-bond acceptors (Lipinski definition) is 2. The van der Waals surface area contributed by atoms with Crippen LogP contribution < -0.4 is 0 Å². The van der Waals surface area contributed by atoms with E-state index in [9.17, 15) is 13.6 Å². The molecule has 26 heavy (non-hydrogen) atoms. The minimum Gasteiger partial charge on any atom is -0.383 e. The Bertz CT molecular complexity index is 755. The van der Waals surface area contributed by atoms with Gasteiger partial charge in [0.05, 0.1) is 13.2 Å². The van der Waals surface area contributed by atoms with Crippen molar-refractivity contribution in [3.05, 3.63) is 59.4 Å². The van der Waals surface area contributed by atoms with Crippen LogP contribution in [-0.4, -0.2) is 48.6 Å². The normalized spacial score (nSPS) is 11.5. The fraction of sp³-hybridized carbons (Fsp3) is 0.350. The molecule has 0 aliphatic rings. The van der Waals surface area contributed by atoms with Gasteiger partial charge in [0, 0.05) is 36.8 Å². The summed E-state index contributed by atoms with van der Waals surface area (Å²) in [6, 6.07) is 11.9. The summed E-state index contributed by atoms with van der Waals surface area (Å²) in [4.78, 5) is 13.4. The van der Waals surface area contributed by atoms with Gasteiger partial charge in [-0.1, -0.05) is 18.2 Å². The molecule has 0 saturated heterocycles. The van der Waals surface area contributed by atoms with Gasteiger partial charge in [-0.15, -0.1) is 0 Å². The van der Waals surface area contributed by atoms with Gasteiger partial charge < -0.3 is 14.2 Å². The predicted molar refractivity (Wildman–Crippen MR) is 98.7 cm³/mol. The summed E-state index contributed by atoms with van der Waals surface area (Å²) in [5, 5.41) is 0. The Morgan fingerprint density at radius 1 is 1.27 bits per heavy atom. The SMILES string of the molecule is COCCN(CC(F)F)C(=O)/C=C/c1cc(C)n(-c2ccccc2)c1C. The second kappa shape index (κ2) is 9.29. The van der Waals surface area contributed by atoms with Crippen LogP contribution in [0.4, 0.5) is 8.78 Å². The topological polar surface area (TPSA) is 34.5 Å². The number of benzene rings is 1. The third-order valence-electron chi connectivity index (χ3n) is 4.13. The molecule has 2 aromatic rings. The quantitative estimate of drug-likeness (QED) is 0.669. The number of aryl methyl sites for hydroxylation is 1. The van der Waals surface area contributed by atoms with E-state index in [-0.39, 0.29) is 13.2 Å². The number of rotatable bonds is 8. The second-order valence-electron chi connectivity index (χ2n) is 6.00. The number of methoxy groups -OCH3 is 1. The van der Waals surface area contributed by atoms with Crippen LogP contribution in [0.3, 0.4) is 0 Å². The molecule has 6 heteroatoms. The highest BCUT2D eigenvalue weighted by Gasteiger charge is 2.16. The summed E-state index contributed by atoms with van der Waals surface area (Å²) < 4.78 is 32.3. The Labute approximate surface area is 152 Å². The van der Waals surface area contributed by atoms with Crippen LogP contribution in [-0.2, 0) is 9.53 Å². The number of hydrogen-bond donors (Lipinski definition) is 0. The van der Waals surface area contributed by atoms with Gasteiger partial charge in [-0.05, 0) is 43.7 Å². The standard InChI is InChI=1S/C20H24F2N2O2/c1-15-13-17(16(2)24(15)18-7-5-4-6-8-18)9-10-20(25)23(11-12-26-3)14-19(21)22/h4-10,13,19H,11-12,14H2,1-3H3/b10-9+. The number of carbonyl (C=O) groups excluding carboxylic acids is 1. The Morgan fingerprint density at radius 2 is 1.96 bits per heavy atom. The summed E-state index contributed by atoms with van der Waals surface area (Å²) in [7, 11) is 1.47. The monoisotopic (exact) mass is 362 g/mol. The highest BCUT2D eigenvalue weighted by molar-refractivity contribution is 5.92. The first kappa shape index (κ1) is 19.8. The van der Waals surface area contributed by atoms with Crippen molar-refractivity contribution in [2.24, 2.45) is 0 Å². The van der Waals surface area contributed by atoms with E-state index >= 15 is 0 Å². The second-order valence-corrected chi connectivity index (χ2v) is 6.00. The molecule has 0 radical (unpaired) electrons. The molecule has 0 spiro atoms. The fourth-order valence-corrected chi connectivity index (χ4v) is 2.86. The predicted octanol–water partition coefficient (Wildman–Crippen LogP) is 3.85. The zero-order chi connectivity index (χ0) is 19.1. The lowest BCUT2D eigenvalue weighted by atomic mass is 10.2. The minimum absolute atomic E-state index is 0.132. The lowest BCUT2D eigenvalue weighted by Crippen LogP contribution is -2.36. The fourth-order valence-electron chi connectivity index (χ4n) is 2.86. The van der Waals surface area contributed by atoms with Crippen molar-refractivity contribution >= 4 is 12.0 Å². The number of carbonyl (C=O) groups is 1. The summed E-state index contributed by atoms with van der Waals surface area (Å²) in [5.41, 5.74) is 3.93. The van der Waals surface area contributed by atoms with Crippen LogP contribution in [0.15, 0.2) is 42.5 Å². The van der Waals surface area contributed by atoms with Gasteiger partial charge in [0.2, 0.25) is 5.91 Å². The van der Waals surface area contributed by atoms with E-state index in [4.69, 9.17) is 4.74 Å². The Hall–Kier alpha value is -2.47. The molecule has 1 heterocycles. The molecule has 1 aromatic carbocycles. The van der Waals surface area contributed by atoms with Gasteiger partial charge in [0.25, 0.3) is 6.43 Å². The number of ether oxygens (including phenoxy) is 1. The van der Waals surface area contributed by atoms with Crippen LogP contribution in [0.2, 0.25) is 0 Å². The molecule has 1 amide bonds. The summed E-state index contributed by atoms with van der Waals surface area (Å²) in [6.45, 7) is 3.70. The third-order valence-corrected chi connectivity index (χ3v) is 4.13. The first-order valence-corrected chi connectivity index (χ1v) is 8.42. The van der Waals surface area contributed by atoms with Gasteiger partial charge in [0.15, 0.2) is 0 Å². The lowest BCUT2D eigenvalue weighted by Gasteiger charge is -2.20.